The van der Waals surface area contributed by atoms with Gasteiger partial charge >= 0.3 is 0 Å². The van der Waals surface area contributed by atoms with E-state index >= 15 is 0 Å². The first-order valence-corrected chi connectivity index (χ1v) is 5.38. The molecule has 2 fully saturated rings. The fourth-order valence-electron chi connectivity index (χ4n) is 2.22. The minimum atomic E-state index is -0.693. The van der Waals surface area contributed by atoms with Crippen LogP contribution in [0, 0.1) is 5.92 Å². The highest BCUT2D eigenvalue weighted by Gasteiger charge is 2.29. The molecule has 1 N–H and O–H groups in total. The van der Waals surface area contributed by atoms with Gasteiger partial charge in [0.05, 0.1) is 12.7 Å². The van der Waals surface area contributed by atoms with E-state index in [9.17, 15) is 9.50 Å². The lowest BCUT2D eigenvalue weighted by Gasteiger charge is -2.22. The Labute approximate surface area is 83.8 Å². The van der Waals surface area contributed by atoms with Crippen LogP contribution in [0.3, 0.4) is 0 Å². The fraction of sp³-hybridized carbons (Fsp3) is 1.00. The molecule has 0 aromatic carbocycles. The highest BCUT2D eigenvalue weighted by molar-refractivity contribution is 4.80. The summed E-state index contributed by atoms with van der Waals surface area (Å²) < 4.78 is 18.1. The molecular formula is C10H18FNO2. The Hall–Kier alpha value is -0.190. The van der Waals surface area contributed by atoms with Gasteiger partial charge in [-0.05, 0) is 12.8 Å². The number of aliphatic hydroxyl groups is 1. The van der Waals surface area contributed by atoms with Crippen molar-refractivity contribution in [2.45, 2.75) is 25.1 Å². The summed E-state index contributed by atoms with van der Waals surface area (Å²) in [6.07, 6.45) is 0.520. The normalized spacial score (nSPS) is 36.4. The van der Waals surface area contributed by atoms with Gasteiger partial charge in [0, 0.05) is 32.2 Å². The maximum absolute atomic E-state index is 12.9. The molecule has 0 aromatic heterocycles. The summed E-state index contributed by atoms with van der Waals surface area (Å²) in [5.41, 5.74) is 0. The number of halogens is 1. The summed E-state index contributed by atoms with van der Waals surface area (Å²) in [7, 11) is 0. The Kier molecular flexibility index (Phi) is 3.36. The van der Waals surface area contributed by atoms with Crippen molar-refractivity contribution in [2.75, 3.05) is 32.8 Å². The van der Waals surface area contributed by atoms with Gasteiger partial charge in [-0.15, -0.1) is 0 Å². The zero-order valence-electron chi connectivity index (χ0n) is 8.36. The van der Waals surface area contributed by atoms with E-state index in [0.717, 1.165) is 19.6 Å². The van der Waals surface area contributed by atoms with Gasteiger partial charge in [0.15, 0.2) is 0 Å². The van der Waals surface area contributed by atoms with Gasteiger partial charge < -0.3 is 9.84 Å². The topological polar surface area (TPSA) is 32.7 Å². The third-order valence-electron chi connectivity index (χ3n) is 3.17. The average molecular weight is 203 g/mol. The number of nitrogens with zero attached hydrogens (tertiary/aromatic N) is 1. The first kappa shape index (κ1) is 10.3. The van der Waals surface area contributed by atoms with Crippen molar-refractivity contribution < 1.29 is 14.2 Å². The predicted octanol–water partition coefficient (Wildman–Crippen LogP) is 0.428. The van der Waals surface area contributed by atoms with Crippen LogP contribution in [0.4, 0.5) is 4.39 Å². The molecule has 2 rings (SSSR count). The number of hydrogen-bond donors (Lipinski definition) is 1. The van der Waals surface area contributed by atoms with Gasteiger partial charge in [-0.1, -0.05) is 0 Å². The Morgan fingerprint density at radius 1 is 1.50 bits per heavy atom. The first-order chi connectivity index (χ1) is 6.75. The van der Waals surface area contributed by atoms with E-state index in [4.69, 9.17) is 4.74 Å². The number of ether oxygens (including phenoxy) is 1. The molecular weight excluding hydrogens is 185 g/mol. The molecule has 3 nitrogen and oxygen atoms in total. The van der Waals surface area contributed by atoms with Gasteiger partial charge in [-0.3, -0.25) is 4.90 Å². The highest BCUT2D eigenvalue weighted by atomic mass is 19.1. The summed E-state index contributed by atoms with van der Waals surface area (Å²) >= 11 is 0. The van der Waals surface area contributed by atoms with Crippen LogP contribution < -0.4 is 0 Å². The molecule has 2 aliphatic heterocycles. The van der Waals surface area contributed by atoms with E-state index in [2.05, 4.69) is 0 Å². The van der Waals surface area contributed by atoms with Crippen LogP contribution in [-0.4, -0.2) is 55.1 Å². The second-order valence-corrected chi connectivity index (χ2v) is 4.34. The van der Waals surface area contributed by atoms with Crippen molar-refractivity contribution in [1.29, 1.82) is 0 Å². The maximum Gasteiger partial charge on any atom is 0.114 e. The molecule has 2 heterocycles. The molecule has 0 spiro atoms. The zero-order valence-corrected chi connectivity index (χ0v) is 8.36. The summed E-state index contributed by atoms with van der Waals surface area (Å²) in [6.45, 7) is 3.30. The third-order valence-corrected chi connectivity index (χ3v) is 3.17. The van der Waals surface area contributed by atoms with Crippen LogP contribution in [-0.2, 0) is 4.74 Å². The SMILES string of the molecule is OC(CN1CCC(F)C1)C1CCOC1. The summed E-state index contributed by atoms with van der Waals surface area (Å²) in [4.78, 5) is 2.01. The average Bonchev–Trinajstić information content (AvgIpc) is 2.75. The third kappa shape index (κ3) is 2.43. The minimum Gasteiger partial charge on any atom is -0.391 e. The maximum atomic E-state index is 12.9. The Bertz CT molecular complexity index is 185. The quantitative estimate of drug-likeness (QED) is 0.722. The molecule has 0 saturated carbocycles. The Balaban J connectivity index is 1.73. The van der Waals surface area contributed by atoms with E-state index in [1.807, 2.05) is 4.90 Å². The van der Waals surface area contributed by atoms with Crippen LogP contribution >= 0.6 is 0 Å². The largest absolute Gasteiger partial charge is 0.391 e. The standard InChI is InChI=1S/C10H18FNO2/c11-9-1-3-12(5-9)6-10(13)8-2-4-14-7-8/h8-10,13H,1-7H2. The summed E-state index contributed by atoms with van der Waals surface area (Å²) in [5, 5.41) is 9.85. The fourth-order valence-corrected chi connectivity index (χ4v) is 2.22. The molecule has 2 aliphatic rings. The van der Waals surface area contributed by atoms with Gasteiger partial charge in [-0.25, -0.2) is 4.39 Å². The lowest BCUT2D eigenvalue weighted by atomic mass is 10.0. The van der Waals surface area contributed by atoms with Crippen LogP contribution in [0.2, 0.25) is 0 Å². The molecule has 0 aromatic rings. The summed E-state index contributed by atoms with van der Waals surface area (Å²) in [5.74, 6) is 0.258. The molecule has 14 heavy (non-hydrogen) atoms. The predicted molar refractivity (Wildman–Crippen MR) is 50.9 cm³/mol. The summed E-state index contributed by atoms with van der Waals surface area (Å²) in [6, 6.07) is 0. The molecule has 0 radical (unpaired) electrons. The number of hydrogen-bond acceptors (Lipinski definition) is 3. The highest BCUT2D eigenvalue weighted by Crippen LogP contribution is 2.19. The smallest absolute Gasteiger partial charge is 0.114 e. The van der Waals surface area contributed by atoms with E-state index in [0.29, 0.717) is 26.1 Å². The zero-order chi connectivity index (χ0) is 9.97. The van der Waals surface area contributed by atoms with Crippen molar-refractivity contribution in [3.05, 3.63) is 0 Å². The lowest BCUT2D eigenvalue weighted by Crippen LogP contribution is -2.35. The van der Waals surface area contributed by atoms with E-state index < -0.39 is 6.17 Å². The number of rotatable bonds is 3. The van der Waals surface area contributed by atoms with E-state index in [1.165, 1.54) is 0 Å². The second kappa shape index (κ2) is 4.55. The molecule has 0 amide bonds. The van der Waals surface area contributed by atoms with Gasteiger partial charge in [0.1, 0.15) is 6.17 Å². The molecule has 0 bridgehead atoms. The molecule has 4 heteroatoms. The van der Waals surface area contributed by atoms with Crippen molar-refractivity contribution in [3.63, 3.8) is 0 Å². The van der Waals surface area contributed by atoms with Gasteiger partial charge in [0.25, 0.3) is 0 Å². The van der Waals surface area contributed by atoms with Crippen LogP contribution in [0.1, 0.15) is 12.8 Å². The molecule has 2 saturated heterocycles. The van der Waals surface area contributed by atoms with Crippen molar-refractivity contribution in [3.8, 4) is 0 Å². The van der Waals surface area contributed by atoms with Crippen molar-refractivity contribution in [2.24, 2.45) is 5.92 Å². The van der Waals surface area contributed by atoms with E-state index in [-0.39, 0.29) is 12.0 Å². The lowest BCUT2D eigenvalue weighted by molar-refractivity contribution is 0.0612. The molecule has 3 unspecified atom stereocenters. The van der Waals surface area contributed by atoms with E-state index in [1.54, 1.807) is 0 Å². The Morgan fingerprint density at radius 2 is 2.36 bits per heavy atom. The van der Waals surface area contributed by atoms with Crippen molar-refractivity contribution >= 4 is 0 Å². The molecule has 3 atom stereocenters. The van der Waals surface area contributed by atoms with Gasteiger partial charge in [0.2, 0.25) is 0 Å². The second-order valence-electron chi connectivity index (χ2n) is 4.34. The van der Waals surface area contributed by atoms with Crippen LogP contribution in [0.15, 0.2) is 0 Å². The number of alkyl halides is 1. The van der Waals surface area contributed by atoms with Crippen molar-refractivity contribution in [1.82, 2.24) is 4.90 Å². The van der Waals surface area contributed by atoms with Crippen LogP contribution in [0.5, 0.6) is 0 Å². The first-order valence-electron chi connectivity index (χ1n) is 5.38. The minimum absolute atomic E-state index is 0.258. The monoisotopic (exact) mass is 203 g/mol. The molecule has 0 aliphatic carbocycles. The number of aliphatic hydroxyl groups excluding tert-OH is 1. The van der Waals surface area contributed by atoms with Gasteiger partial charge in [-0.2, -0.15) is 0 Å². The van der Waals surface area contributed by atoms with Crippen LogP contribution in [0.25, 0.3) is 0 Å². The molecule has 82 valence electrons. The number of likely N-dealkylation sites (tertiary alicyclic amines) is 1. The Morgan fingerprint density at radius 3 is 2.93 bits per heavy atom. The number of β-amino-alcohol motifs (C(OH)–C–C–N with tert-alkyl or cyclic N) is 1.